The van der Waals surface area contributed by atoms with Gasteiger partial charge in [-0.05, 0) is 36.6 Å². The van der Waals surface area contributed by atoms with E-state index in [4.69, 9.17) is 5.11 Å². The van der Waals surface area contributed by atoms with Crippen molar-refractivity contribution in [2.75, 3.05) is 18.4 Å². The van der Waals surface area contributed by atoms with Gasteiger partial charge in [0.25, 0.3) is 5.91 Å². The summed E-state index contributed by atoms with van der Waals surface area (Å²) in [5.41, 5.74) is 2.08. The van der Waals surface area contributed by atoms with Crippen molar-refractivity contribution in [2.45, 2.75) is 19.3 Å². The van der Waals surface area contributed by atoms with Crippen LogP contribution in [0, 0.1) is 5.92 Å². The number of amides is 2. The summed E-state index contributed by atoms with van der Waals surface area (Å²) in [7, 11) is 0. The molecule has 0 radical (unpaired) electrons. The minimum atomic E-state index is -0.851. The van der Waals surface area contributed by atoms with Gasteiger partial charge in [-0.15, -0.1) is 0 Å². The molecule has 0 spiro atoms. The van der Waals surface area contributed by atoms with Crippen LogP contribution in [0.5, 0.6) is 0 Å². The summed E-state index contributed by atoms with van der Waals surface area (Å²) in [4.78, 5) is 36.5. The van der Waals surface area contributed by atoms with Gasteiger partial charge in [-0.2, -0.15) is 0 Å². The SMILES string of the molecule is O=C1Cc2cc(C(=O)N3CCC[C@@H](C(=O)O)C3)ccc2N1. The zero-order valence-electron chi connectivity index (χ0n) is 11.5. The summed E-state index contributed by atoms with van der Waals surface area (Å²) in [5, 5.41) is 11.8. The van der Waals surface area contributed by atoms with Gasteiger partial charge in [0.05, 0.1) is 12.3 Å². The Kier molecular flexibility index (Phi) is 3.37. The number of carbonyl (C=O) groups excluding carboxylic acids is 2. The predicted molar refractivity (Wildman–Crippen MR) is 75.0 cm³/mol. The van der Waals surface area contributed by atoms with E-state index in [1.807, 2.05) is 0 Å². The predicted octanol–water partition coefficient (Wildman–Crippen LogP) is 1.12. The highest BCUT2D eigenvalue weighted by molar-refractivity contribution is 6.01. The molecular formula is C15H16N2O4. The molecule has 1 aromatic carbocycles. The zero-order chi connectivity index (χ0) is 15.0. The first-order chi connectivity index (χ1) is 10.0. The van der Waals surface area contributed by atoms with Crippen LogP contribution < -0.4 is 5.32 Å². The van der Waals surface area contributed by atoms with Crippen molar-refractivity contribution in [3.8, 4) is 0 Å². The van der Waals surface area contributed by atoms with E-state index in [1.165, 1.54) is 0 Å². The Hall–Kier alpha value is -2.37. The molecular weight excluding hydrogens is 272 g/mol. The van der Waals surface area contributed by atoms with Crippen LogP contribution in [0.2, 0.25) is 0 Å². The summed E-state index contributed by atoms with van der Waals surface area (Å²) in [6.45, 7) is 0.833. The van der Waals surface area contributed by atoms with Crippen LogP contribution in [0.25, 0.3) is 0 Å². The molecule has 3 rings (SSSR count). The van der Waals surface area contributed by atoms with Crippen molar-refractivity contribution < 1.29 is 19.5 Å². The largest absolute Gasteiger partial charge is 0.481 e. The van der Waals surface area contributed by atoms with Gasteiger partial charge in [0.15, 0.2) is 0 Å². The number of carbonyl (C=O) groups is 3. The molecule has 0 aliphatic carbocycles. The molecule has 2 amide bonds. The minimum Gasteiger partial charge on any atom is -0.481 e. The molecule has 2 N–H and O–H groups in total. The van der Waals surface area contributed by atoms with E-state index < -0.39 is 11.9 Å². The number of nitrogens with zero attached hydrogens (tertiary/aromatic N) is 1. The number of nitrogens with one attached hydrogen (secondary N) is 1. The quantitative estimate of drug-likeness (QED) is 0.853. The molecule has 0 unspecified atom stereocenters. The summed E-state index contributed by atoms with van der Waals surface area (Å²) < 4.78 is 0. The van der Waals surface area contributed by atoms with E-state index in [0.717, 1.165) is 11.3 Å². The second-order valence-electron chi connectivity index (χ2n) is 5.53. The number of likely N-dealkylation sites (tertiary alicyclic amines) is 1. The van der Waals surface area contributed by atoms with Crippen molar-refractivity contribution >= 4 is 23.5 Å². The van der Waals surface area contributed by atoms with Crippen LogP contribution in [0.4, 0.5) is 5.69 Å². The van der Waals surface area contributed by atoms with Gasteiger partial charge in [0.2, 0.25) is 5.91 Å². The molecule has 1 saturated heterocycles. The standard InChI is InChI=1S/C15H16N2O4/c18-13-7-11-6-9(3-4-12(11)16-13)14(19)17-5-1-2-10(8-17)15(20)21/h3-4,6,10H,1-2,5,7-8H2,(H,16,18)(H,20,21)/t10-/m1/s1. The molecule has 110 valence electrons. The number of piperidine rings is 1. The van der Waals surface area contributed by atoms with Crippen molar-refractivity contribution in [1.29, 1.82) is 0 Å². The molecule has 6 heteroatoms. The number of benzene rings is 1. The van der Waals surface area contributed by atoms with Gasteiger partial charge in [-0.3, -0.25) is 14.4 Å². The van der Waals surface area contributed by atoms with E-state index >= 15 is 0 Å². The number of carboxylic acids is 1. The Morgan fingerprint density at radius 3 is 2.90 bits per heavy atom. The van der Waals surface area contributed by atoms with Gasteiger partial charge >= 0.3 is 5.97 Å². The molecule has 2 heterocycles. The highest BCUT2D eigenvalue weighted by Crippen LogP contribution is 2.25. The molecule has 1 fully saturated rings. The third-order valence-corrected chi connectivity index (χ3v) is 4.04. The summed E-state index contributed by atoms with van der Waals surface area (Å²) in [6, 6.07) is 5.13. The third kappa shape index (κ3) is 2.61. The van der Waals surface area contributed by atoms with E-state index in [0.29, 0.717) is 24.9 Å². The van der Waals surface area contributed by atoms with Crippen molar-refractivity contribution in [3.05, 3.63) is 29.3 Å². The van der Waals surface area contributed by atoms with Crippen molar-refractivity contribution in [3.63, 3.8) is 0 Å². The Balaban J connectivity index is 1.78. The fraction of sp³-hybridized carbons (Fsp3) is 0.400. The molecule has 6 nitrogen and oxygen atoms in total. The van der Waals surface area contributed by atoms with Gasteiger partial charge in [-0.1, -0.05) is 0 Å². The molecule has 2 aliphatic heterocycles. The van der Waals surface area contributed by atoms with E-state index in [1.54, 1.807) is 23.1 Å². The number of hydrogen-bond acceptors (Lipinski definition) is 3. The van der Waals surface area contributed by atoms with E-state index in [9.17, 15) is 14.4 Å². The van der Waals surface area contributed by atoms with Crippen LogP contribution >= 0.6 is 0 Å². The van der Waals surface area contributed by atoms with Gasteiger partial charge in [0.1, 0.15) is 0 Å². The summed E-state index contributed by atoms with van der Waals surface area (Å²) in [6.07, 6.45) is 1.60. The van der Waals surface area contributed by atoms with Crippen LogP contribution in [-0.4, -0.2) is 40.9 Å². The third-order valence-electron chi connectivity index (χ3n) is 4.04. The average molecular weight is 288 g/mol. The van der Waals surface area contributed by atoms with Gasteiger partial charge in [-0.25, -0.2) is 0 Å². The normalized spacial score (nSPS) is 20.9. The Morgan fingerprint density at radius 1 is 1.33 bits per heavy atom. The highest BCUT2D eigenvalue weighted by Gasteiger charge is 2.29. The maximum absolute atomic E-state index is 12.5. The lowest BCUT2D eigenvalue weighted by molar-refractivity contribution is -0.143. The monoisotopic (exact) mass is 288 g/mol. The minimum absolute atomic E-state index is 0.0708. The lowest BCUT2D eigenvalue weighted by Crippen LogP contribution is -2.42. The number of aliphatic carboxylic acids is 1. The van der Waals surface area contributed by atoms with Crippen molar-refractivity contribution in [2.24, 2.45) is 5.92 Å². The van der Waals surface area contributed by atoms with Gasteiger partial charge < -0.3 is 15.3 Å². The first kappa shape index (κ1) is 13.6. The molecule has 1 aromatic rings. The smallest absolute Gasteiger partial charge is 0.308 e. The topological polar surface area (TPSA) is 86.7 Å². The van der Waals surface area contributed by atoms with Gasteiger partial charge in [0, 0.05) is 24.3 Å². The molecule has 21 heavy (non-hydrogen) atoms. The Bertz CT molecular complexity index is 626. The number of anilines is 1. The first-order valence-electron chi connectivity index (χ1n) is 6.99. The molecule has 2 aliphatic rings. The number of hydrogen-bond donors (Lipinski definition) is 2. The Labute approximate surface area is 121 Å². The number of carboxylic acid groups (broad SMARTS) is 1. The van der Waals surface area contributed by atoms with Crippen LogP contribution in [0.3, 0.4) is 0 Å². The number of rotatable bonds is 2. The Morgan fingerprint density at radius 2 is 2.14 bits per heavy atom. The highest BCUT2D eigenvalue weighted by atomic mass is 16.4. The first-order valence-corrected chi connectivity index (χ1v) is 6.99. The second-order valence-corrected chi connectivity index (χ2v) is 5.53. The summed E-state index contributed by atoms with van der Waals surface area (Å²) >= 11 is 0. The fourth-order valence-electron chi connectivity index (χ4n) is 2.91. The van der Waals surface area contributed by atoms with E-state index in [2.05, 4.69) is 5.32 Å². The van der Waals surface area contributed by atoms with Crippen molar-refractivity contribution in [1.82, 2.24) is 4.90 Å². The van der Waals surface area contributed by atoms with Crippen LogP contribution in [-0.2, 0) is 16.0 Å². The summed E-state index contributed by atoms with van der Waals surface area (Å²) in [5.74, 6) is -1.57. The molecule has 0 saturated carbocycles. The van der Waals surface area contributed by atoms with Crippen LogP contribution in [0.15, 0.2) is 18.2 Å². The average Bonchev–Trinajstić information content (AvgIpc) is 2.85. The lowest BCUT2D eigenvalue weighted by Gasteiger charge is -2.30. The lowest BCUT2D eigenvalue weighted by atomic mass is 9.97. The molecule has 1 atom stereocenters. The molecule has 0 aromatic heterocycles. The maximum Gasteiger partial charge on any atom is 0.308 e. The van der Waals surface area contributed by atoms with E-state index in [-0.39, 0.29) is 24.8 Å². The zero-order valence-corrected chi connectivity index (χ0v) is 11.5. The number of fused-ring (bicyclic) bond motifs is 1. The fourth-order valence-corrected chi connectivity index (χ4v) is 2.91. The maximum atomic E-state index is 12.5. The van der Waals surface area contributed by atoms with Crippen LogP contribution in [0.1, 0.15) is 28.8 Å². The molecule has 0 bridgehead atoms. The second kappa shape index (κ2) is 5.20.